The second-order valence-electron chi connectivity index (χ2n) is 6.16. The largest absolute Gasteiger partial charge is 0.326 e. The second kappa shape index (κ2) is 4.14. The lowest BCUT2D eigenvalue weighted by atomic mass is 10.4. The summed E-state index contributed by atoms with van der Waals surface area (Å²) in [6.07, 6.45) is 4.39. The molecule has 1 heterocycles. The van der Waals surface area contributed by atoms with Crippen LogP contribution in [0.3, 0.4) is 0 Å². The molecule has 1 nitrogen and oxygen atoms in total. The first-order valence-electron chi connectivity index (χ1n) is 5.75. The molecule has 78 valence electrons. The van der Waals surface area contributed by atoms with E-state index >= 15 is 0 Å². The smallest absolute Gasteiger partial charge is 0.0786 e. The van der Waals surface area contributed by atoms with Crippen LogP contribution in [0.15, 0.2) is 0 Å². The van der Waals surface area contributed by atoms with Crippen molar-refractivity contribution in [3.05, 3.63) is 0 Å². The van der Waals surface area contributed by atoms with Gasteiger partial charge < -0.3 is 4.48 Å². The first-order valence-corrected chi connectivity index (χ1v) is 9.46. The van der Waals surface area contributed by atoms with E-state index in [0.29, 0.717) is 0 Å². The lowest BCUT2D eigenvalue weighted by Gasteiger charge is -2.30. The number of quaternary nitrogens is 1. The van der Waals surface area contributed by atoms with E-state index in [0.717, 1.165) is 0 Å². The minimum absolute atomic E-state index is 0.772. The summed E-state index contributed by atoms with van der Waals surface area (Å²) in [5.74, 6) is 0. The average molecular weight is 200 g/mol. The SMILES string of the molecule is C[N+]1(CCC[Si](C)(C)C)CCCC1. The molecule has 1 rings (SSSR count). The number of nitrogens with zero attached hydrogens (tertiary/aromatic N) is 1. The zero-order chi connectivity index (χ0) is 9.95. The minimum atomic E-state index is -0.772. The quantitative estimate of drug-likeness (QED) is 0.483. The van der Waals surface area contributed by atoms with Gasteiger partial charge in [0, 0.05) is 20.9 Å². The van der Waals surface area contributed by atoms with Gasteiger partial charge in [-0.3, -0.25) is 0 Å². The summed E-state index contributed by atoms with van der Waals surface area (Å²) in [5, 5.41) is 0. The molecule has 0 aromatic heterocycles. The molecule has 0 aliphatic carbocycles. The third-order valence-electron chi connectivity index (χ3n) is 3.27. The van der Waals surface area contributed by atoms with Crippen molar-refractivity contribution in [2.24, 2.45) is 0 Å². The molecule has 1 saturated heterocycles. The fourth-order valence-corrected chi connectivity index (χ4v) is 3.53. The Kier molecular flexibility index (Phi) is 3.58. The van der Waals surface area contributed by atoms with Gasteiger partial charge in [-0.1, -0.05) is 25.7 Å². The Morgan fingerprint density at radius 3 is 2.08 bits per heavy atom. The Labute approximate surface area is 84.7 Å². The van der Waals surface area contributed by atoms with Crippen molar-refractivity contribution >= 4 is 8.07 Å². The van der Waals surface area contributed by atoms with Gasteiger partial charge in [0.15, 0.2) is 0 Å². The summed E-state index contributed by atoms with van der Waals surface area (Å²) in [6, 6.07) is 1.51. The highest BCUT2D eigenvalue weighted by molar-refractivity contribution is 6.76. The monoisotopic (exact) mass is 200 g/mol. The normalized spacial score (nSPS) is 22.2. The van der Waals surface area contributed by atoms with Gasteiger partial charge in [0.25, 0.3) is 0 Å². The summed E-state index contributed by atoms with van der Waals surface area (Å²) in [7, 11) is 1.67. The summed E-state index contributed by atoms with van der Waals surface area (Å²) in [6.45, 7) is 11.8. The van der Waals surface area contributed by atoms with Gasteiger partial charge in [-0.15, -0.1) is 0 Å². The molecule has 1 aliphatic rings. The zero-order valence-electron chi connectivity index (χ0n) is 9.90. The fraction of sp³-hybridized carbons (Fsp3) is 1.00. The third kappa shape index (κ3) is 4.27. The van der Waals surface area contributed by atoms with E-state index < -0.39 is 8.07 Å². The van der Waals surface area contributed by atoms with E-state index in [4.69, 9.17) is 0 Å². The molecule has 0 aromatic rings. The van der Waals surface area contributed by atoms with Crippen molar-refractivity contribution in [1.29, 1.82) is 0 Å². The Morgan fingerprint density at radius 1 is 1.08 bits per heavy atom. The van der Waals surface area contributed by atoms with Crippen LogP contribution < -0.4 is 0 Å². The third-order valence-corrected chi connectivity index (χ3v) is 5.12. The Balaban J connectivity index is 2.18. The van der Waals surface area contributed by atoms with Crippen LogP contribution in [-0.4, -0.2) is 39.2 Å². The van der Waals surface area contributed by atoms with Crippen LogP contribution in [0.5, 0.6) is 0 Å². The van der Waals surface area contributed by atoms with Crippen molar-refractivity contribution in [3.63, 3.8) is 0 Å². The van der Waals surface area contributed by atoms with Gasteiger partial charge >= 0.3 is 0 Å². The van der Waals surface area contributed by atoms with Crippen molar-refractivity contribution in [2.45, 2.75) is 44.9 Å². The number of hydrogen-bond donors (Lipinski definition) is 0. The van der Waals surface area contributed by atoms with Crippen molar-refractivity contribution in [3.8, 4) is 0 Å². The number of hydrogen-bond acceptors (Lipinski definition) is 0. The van der Waals surface area contributed by atoms with E-state index in [1.807, 2.05) is 0 Å². The van der Waals surface area contributed by atoms with E-state index in [2.05, 4.69) is 26.7 Å². The zero-order valence-corrected chi connectivity index (χ0v) is 10.9. The van der Waals surface area contributed by atoms with Crippen molar-refractivity contribution in [1.82, 2.24) is 0 Å². The maximum Gasteiger partial charge on any atom is 0.0786 e. The van der Waals surface area contributed by atoms with Crippen LogP contribution >= 0.6 is 0 Å². The summed E-state index contributed by atoms with van der Waals surface area (Å²) >= 11 is 0. The van der Waals surface area contributed by atoms with Gasteiger partial charge in [-0.25, -0.2) is 0 Å². The van der Waals surface area contributed by atoms with Crippen LogP contribution in [-0.2, 0) is 0 Å². The van der Waals surface area contributed by atoms with Crippen LogP contribution in [0.1, 0.15) is 19.3 Å². The fourth-order valence-electron chi connectivity index (χ4n) is 2.31. The highest BCUT2D eigenvalue weighted by Crippen LogP contribution is 2.19. The van der Waals surface area contributed by atoms with Crippen molar-refractivity contribution < 1.29 is 4.48 Å². The van der Waals surface area contributed by atoms with Gasteiger partial charge in [-0.05, 0) is 6.42 Å². The van der Waals surface area contributed by atoms with Gasteiger partial charge in [0.2, 0.25) is 0 Å². The summed E-state index contributed by atoms with van der Waals surface area (Å²) in [4.78, 5) is 0. The topological polar surface area (TPSA) is 0 Å². The molecular formula is C11H26NSi+. The lowest BCUT2D eigenvalue weighted by Crippen LogP contribution is -2.42. The maximum atomic E-state index is 2.48. The molecule has 0 atom stereocenters. The molecule has 0 radical (unpaired) electrons. The molecule has 1 fully saturated rings. The molecule has 0 unspecified atom stereocenters. The maximum absolute atomic E-state index is 2.48. The first-order chi connectivity index (χ1) is 5.91. The number of rotatable bonds is 4. The molecular weight excluding hydrogens is 174 g/mol. The second-order valence-corrected chi connectivity index (χ2v) is 11.8. The van der Waals surface area contributed by atoms with Crippen LogP contribution in [0.2, 0.25) is 25.7 Å². The Morgan fingerprint density at radius 2 is 1.62 bits per heavy atom. The molecule has 0 bridgehead atoms. The number of likely N-dealkylation sites (tertiary alicyclic amines) is 1. The predicted octanol–water partition coefficient (Wildman–Crippen LogP) is 2.96. The molecule has 0 amide bonds. The van der Waals surface area contributed by atoms with Gasteiger partial charge in [-0.2, -0.15) is 0 Å². The van der Waals surface area contributed by atoms with Gasteiger partial charge in [0.1, 0.15) is 0 Å². The van der Waals surface area contributed by atoms with Crippen LogP contribution in [0.25, 0.3) is 0 Å². The van der Waals surface area contributed by atoms with Crippen molar-refractivity contribution in [2.75, 3.05) is 26.7 Å². The molecule has 0 saturated carbocycles. The minimum Gasteiger partial charge on any atom is -0.326 e. The summed E-state index contributed by atoms with van der Waals surface area (Å²) in [5.41, 5.74) is 0. The highest BCUT2D eigenvalue weighted by Gasteiger charge is 2.26. The molecule has 2 heteroatoms. The van der Waals surface area contributed by atoms with E-state index in [1.54, 1.807) is 0 Å². The van der Waals surface area contributed by atoms with E-state index in [9.17, 15) is 0 Å². The molecule has 0 spiro atoms. The Hall–Kier alpha value is 0.177. The molecule has 13 heavy (non-hydrogen) atoms. The van der Waals surface area contributed by atoms with Crippen LogP contribution in [0.4, 0.5) is 0 Å². The first kappa shape index (κ1) is 11.3. The Bertz CT molecular complexity index is 154. The predicted molar refractivity (Wildman–Crippen MR) is 62.8 cm³/mol. The molecule has 1 aliphatic heterocycles. The molecule has 0 N–H and O–H groups in total. The van der Waals surface area contributed by atoms with E-state index in [1.165, 1.54) is 49.4 Å². The van der Waals surface area contributed by atoms with Gasteiger partial charge in [0.05, 0.1) is 26.7 Å². The standard InChI is InChI=1S/C11H26NSi/c1-12(8-5-6-9-12)10-7-11-13(2,3)4/h5-11H2,1-4H3/q+1. The lowest BCUT2D eigenvalue weighted by molar-refractivity contribution is -0.897. The summed E-state index contributed by atoms with van der Waals surface area (Å²) < 4.78 is 1.37. The average Bonchev–Trinajstić information content (AvgIpc) is 2.33. The molecule has 0 aromatic carbocycles. The highest BCUT2D eigenvalue weighted by atomic mass is 28.3. The van der Waals surface area contributed by atoms with Crippen LogP contribution in [0, 0.1) is 0 Å². The van der Waals surface area contributed by atoms with E-state index in [-0.39, 0.29) is 0 Å².